The maximum Gasteiger partial charge on any atom is 0.573 e. The van der Waals surface area contributed by atoms with Gasteiger partial charge in [0.15, 0.2) is 0 Å². The summed E-state index contributed by atoms with van der Waals surface area (Å²) in [5.41, 5.74) is 4.81. The van der Waals surface area contributed by atoms with Crippen molar-refractivity contribution in [2.45, 2.75) is 37.8 Å². The Morgan fingerprint density at radius 3 is 2.57 bits per heavy atom. The van der Waals surface area contributed by atoms with Crippen LogP contribution in [0, 0.1) is 0 Å². The van der Waals surface area contributed by atoms with Gasteiger partial charge in [-0.25, -0.2) is 0 Å². The van der Waals surface area contributed by atoms with Crippen molar-refractivity contribution in [1.29, 1.82) is 0 Å². The second kappa shape index (κ2) is 6.76. The van der Waals surface area contributed by atoms with Crippen LogP contribution in [0.2, 0.25) is 0 Å². The number of piperidine rings is 1. The summed E-state index contributed by atoms with van der Waals surface area (Å²) in [5, 5.41) is 10.4. The average Bonchev–Trinajstić information content (AvgIpc) is 2.38. The molecule has 1 aliphatic heterocycles. The number of nitrogens with two attached hydrogens (primary N) is 1. The number of β-amino-alcohol motifs (C(OH)–C–C–N with tert-alkyl or cyclic N) is 1. The van der Waals surface area contributed by atoms with Crippen molar-refractivity contribution in [2.75, 3.05) is 13.1 Å². The number of nitrogens with zero attached hydrogens (tertiary/aromatic N) is 1. The van der Waals surface area contributed by atoms with Gasteiger partial charge < -0.3 is 15.6 Å². The third kappa shape index (κ3) is 5.72. The number of primary amides is 1. The summed E-state index contributed by atoms with van der Waals surface area (Å²) in [7, 11) is 0. The predicted molar refractivity (Wildman–Crippen MR) is 76.4 cm³/mol. The Hall–Kier alpha value is -1.80. The van der Waals surface area contributed by atoms with E-state index in [9.17, 15) is 23.1 Å². The van der Waals surface area contributed by atoms with E-state index < -0.39 is 17.9 Å². The normalized spacial score (nSPS) is 22.8. The predicted octanol–water partition coefficient (Wildman–Crippen LogP) is 1.79. The molecule has 1 fully saturated rings. The highest BCUT2D eigenvalue weighted by molar-refractivity contribution is 5.75. The van der Waals surface area contributed by atoms with E-state index in [0.717, 1.165) is 18.5 Å². The molecule has 1 heterocycles. The lowest BCUT2D eigenvalue weighted by Crippen LogP contribution is -2.49. The van der Waals surface area contributed by atoms with E-state index in [4.69, 9.17) is 5.73 Å². The van der Waals surface area contributed by atoms with Gasteiger partial charge in [-0.05, 0) is 37.1 Å². The van der Waals surface area contributed by atoms with Gasteiger partial charge in [-0.1, -0.05) is 12.1 Å². The molecular formula is C15H19F3N2O3. The first kappa shape index (κ1) is 17.6. The highest BCUT2D eigenvalue weighted by Gasteiger charge is 2.34. The molecule has 0 bridgehead atoms. The van der Waals surface area contributed by atoms with Crippen molar-refractivity contribution in [1.82, 2.24) is 4.90 Å². The molecule has 1 aliphatic rings. The number of likely N-dealkylation sites (tertiary alicyclic amines) is 1. The van der Waals surface area contributed by atoms with E-state index in [1.165, 1.54) is 12.1 Å². The molecule has 1 atom stereocenters. The first-order valence-corrected chi connectivity index (χ1v) is 7.23. The first-order chi connectivity index (χ1) is 10.7. The molecule has 1 unspecified atom stereocenters. The molecule has 128 valence electrons. The second-order valence-electron chi connectivity index (χ2n) is 5.87. The van der Waals surface area contributed by atoms with Gasteiger partial charge >= 0.3 is 6.36 Å². The highest BCUT2D eigenvalue weighted by atomic mass is 19.4. The van der Waals surface area contributed by atoms with Crippen LogP contribution in [0.3, 0.4) is 0 Å². The van der Waals surface area contributed by atoms with Gasteiger partial charge in [-0.15, -0.1) is 13.2 Å². The smallest absolute Gasteiger partial charge is 0.406 e. The summed E-state index contributed by atoms with van der Waals surface area (Å²) in [6.45, 7) is 1.51. The molecule has 1 saturated heterocycles. The Morgan fingerprint density at radius 1 is 1.35 bits per heavy atom. The number of ether oxygens (including phenoxy) is 1. The van der Waals surface area contributed by atoms with E-state index in [1.54, 1.807) is 12.1 Å². The largest absolute Gasteiger partial charge is 0.573 e. The van der Waals surface area contributed by atoms with Gasteiger partial charge in [0.05, 0.1) is 12.0 Å². The maximum absolute atomic E-state index is 12.1. The molecule has 23 heavy (non-hydrogen) atoms. The molecule has 2 rings (SSSR count). The van der Waals surface area contributed by atoms with Crippen LogP contribution in [0.1, 0.15) is 24.8 Å². The van der Waals surface area contributed by atoms with Crippen LogP contribution in [0.15, 0.2) is 24.3 Å². The molecular weight excluding hydrogens is 313 g/mol. The number of halogens is 3. The van der Waals surface area contributed by atoms with Crippen molar-refractivity contribution >= 4 is 5.91 Å². The van der Waals surface area contributed by atoms with Crippen molar-refractivity contribution in [3.8, 4) is 5.75 Å². The maximum atomic E-state index is 12.1. The summed E-state index contributed by atoms with van der Waals surface area (Å²) in [6, 6.07) is 5.59. The van der Waals surface area contributed by atoms with E-state index in [2.05, 4.69) is 4.74 Å². The minimum Gasteiger partial charge on any atom is -0.406 e. The number of alkyl halides is 3. The molecule has 0 saturated carbocycles. The fourth-order valence-corrected chi connectivity index (χ4v) is 2.86. The first-order valence-electron chi connectivity index (χ1n) is 7.23. The van der Waals surface area contributed by atoms with E-state index in [0.29, 0.717) is 19.5 Å². The Morgan fingerprint density at radius 2 is 2.00 bits per heavy atom. The monoisotopic (exact) mass is 332 g/mol. The molecule has 8 heteroatoms. The van der Waals surface area contributed by atoms with Crippen LogP contribution in [-0.4, -0.2) is 41.0 Å². The molecule has 0 aliphatic carbocycles. The standard InChI is InChI=1S/C15H19F3N2O3/c16-15(17,18)23-12-4-2-11(3-5-12)9-20-7-1-6-14(22,10-20)8-13(19)21/h2-5,22H,1,6-10H2,(H2,19,21). The van der Waals surface area contributed by atoms with E-state index in [1.807, 2.05) is 4.90 Å². The molecule has 5 nitrogen and oxygen atoms in total. The van der Waals surface area contributed by atoms with Gasteiger partial charge in [0.25, 0.3) is 0 Å². The van der Waals surface area contributed by atoms with Crippen LogP contribution >= 0.6 is 0 Å². The molecule has 0 radical (unpaired) electrons. The number of hydrogen-bond donors (Lipinski definition) is 2. The third-order valence-electron chi connectivity index (χ3n) is 3.70. The summed E-state index contributed by atoms with van der Waals surface area (Å²) in [5.74, 6) is -0.826. The van der Waals surface area contributed by atoms with Gasteiger partial charge in [0.2, 0.25) is 5.91 Å². The third-order valence-corrected chi connectivity index (χ3v) is 3.70. The minimum absolute atomic E-state index is 0.0954. The molecule has 0 spiro atoms. The number of aliphatic hydroxyl groups is 1. The van der Waals surface area contributed by atoms with Crippen molar-refractivity contribution in [2.24, 2.45) is 5.73 Å². The number of carbonyl (C=O) groups excluding carboxylic acids is 1. The van der Waals surface area contributed by atoms with Crippen LogP contribution in [0.4, 0.5) is 13.2 Å². The molecule has 1 aromatic carbocycles. The fraction of sp³-hybridized carbons (Fsp3) is 0.533. The van der Waals surface area contributed by atoms with Gasteiger partial charge in [0.1, 0.15) is 5.75 Å². The second-order valence-corrected chi connectivity index (χ2v) is 5.87. The minimum atomic E-state index is -4.71. The SMILES string of the molecule is NC(=O)CC1(O)CCCN(Cc2ccc(OC(F)(F)F)cc2)C1. The van der Waals surface area contributed by atoms with Crippen LogP contribution in [0.25, 0.3) is 0 Å². The van der Waals surface area contributed by atoms with Gasteiger partial charge in [-0.3, -0.25) is 9.69 Å². The number of benzene rings is 1. The Kier molecular flexibility index (Phi) is 5.16. The highest BCUT2D eigenvalue weighted by Crippen LogP contribution is 2.26. The Balaban J connectivity index is 1.95. The van der Waals surface area contributed by atoms with Gasteiger partial charge in [-0.2, -0.15) is 0 Å². The summed E-state index contributed by atoms with van der Waals surface area (Å²) in [4.78, 5) is 13.0. The van der Waals surface area contributed by atoms with Gasteiger partial charge in [0, 0.05) is 13.1 Å². The molecule has 3 N–H and O–H groups in total. The van der Waals surface area contributed by atoms with Crippen LogP contribution in [-0.2, 0) is 11.3 Å². The van der Waals surface area contributed by atoms with Crippen molar-refractivity contribution in [3.05, 3.63) is 29.8 Å². The Labute approximate surface area is 131 Å². The van der Waals surface area contributed by atoms with Crippen molar-refractivity contribution in [3.63, 3.8) is 0 Å². The Bertz CT molecular complexity index is 548. The number of amides is 1. The van der Waals surface area contributed by atoms with E-state index >= 15 is 0 Å². The topological polar surface area (TPSA) is 75.8 Å². The lowest BCUT2D eigenvalue weighted by Gasteiger charge is -2.38. The zero-order chi connectivity index (χ0) is 17.1. The number of hydrogen-bond acceptors (Lipinski definition) is 4. The molecule has 0 aromatic heterocycles. The summed E-state index contributed by atoms with van der Waals surface area (Å²) in [6.07, 6.45) is -3.58. The lowest BCUT2D eigenvalue weighted by molar-refractivity contribution is -0.274. The summed E-state index contributed by atoms with van der Waals surface area (Å²) < 4.78 is 40.1. The zero-order valence-corrected chi connectivity index (χ0v) is 12.5. The zero-order valence-electron chi connectivity index (χ0n) is 12.5. The van der Waals surface area contributed by atoms with Crippen molar-refractivity contribution < 1.29 is 27.8 Å². The molecule has 1 aromatic rings. The molecule has 1 amide bonds. The number of carbonyl (C=O) groups is 1. The summed E-state index contributed by atoms with van der Waals surface area (Å²) >= 11 is 0. The van der Waals surface area contributed by atoms with Crippen LogP contribution in [0.5, 0.6) is 5.75 Å². The van der Waals surface area contributed by atoms with Crippen LogP contribution < -0.4 is 10.5 Å². The lowest BCUT2D eigenvalue weighted by atomic mass is 9.89. The fourth-order valence-electron chi connectivity index (χ4n) is 2.86. The quantitative estimate of drug-likeness (QED) is 0.862. The number of rotatable bonds is 5. The van der Waals surface area contributed by atoms with E-state index in [-0.39, 0.29) is 12.2 Å². The average molecular weight is 332 g/mol.